The highest BCUT2D eigenvalue weighted by Gasteiger charge is 2.39. The van der Waals surface area contributed by atoms with E-state index in [0.717, 1.165) is 49.6 Å². The summed E-state index contributed by atoms with van der Waals surface area (Å²) in [5.74, 6) is -0.651. The van der Waals surface area contributed by atoms with Gasteiger partial charge in [0.2, 0.25) is 0 Å². The lowest BCUT2D eigenvalue weighted by Crippen LogP contribution is -2.29. The van der Waals surface area contributed by atoms with Crippen LogP contribution in [0.3, 0.4) is 0 Å². The number of aryl methyl sites for hydroxylation is 1. The van der Waals surface area contributed by atoms with Gasteiger partial charge in [-0.25, -0.2) is 4.90 Å². The van der Waals surface area contributed by atoms with Crippen LogP contribution in [-0.2, 0) is 0 Å². The molecule has 5 nitrogen and oxygen atoms in total. The molecule has 5 aromatic carbocycles. The van der Waals surface area contributed by atoms with Crippen molar-refractivity contribution in [3.8, 4) is 27.9 Å². The van der Waals surface area contributed by atoms with Gasteiger partial charge in [-0.15, -0.1) is 0 Å². The van der Waals surface area contributed by atoms with E-state index in [4.69, 9.17) is 0 Å². The van der Waals surface area contributed by atoms with E-state index in [-0.39, 0.29) is 11.8 Å². The van der Waals surface area contributed by atoms with E-state index in [1.54, 1.807) is 12.3 Å². The summed E-state index contributed by atoms with van der Waals surface area (Å²) in [5.41, 5.74) is 9.11. The molecule has 0 saturated carbocycles. The molecule has 1 aliphatic heterocycles. The SMILES string of the molecule is Cc1cnccc1-c1cccc2c3ccccc3n(-c3cccc4c3C(=O)N(c3cccc(-c5ccccc5)c3)C4=O)c12. The lowest BCUT2D eigenvalue weighted by molar-refractivity contribution is 0.0926. The van der Waals surface area contributed by atoms with Crippen molar-refractivity contribution in [1.82, 2.24) is 9.55 Å². The molecule has 204 valence electrons. The van der Waals surface area contributed by atoms with Crippen LogP contribution in [0, 0.1) is 6.92 Å². The van der Waals surface area contributed by atoms with E-state index in [0.29, 0.717) is 22.5 Å². The number of hydrogen-bond acceptors (Lipinski definition) is 3. The van der Waals surface area contributed by atoms with Gasteiger partial charge in [-0.3, -0.25) is 14.6 Å². The number of benzene rings is 5. The molecule has 43 heavy (non-hydrogen) atoms. The molecule has 1 aliphatic rings. The number of anilines is 1. The molecule has 2 amide bonds. The maximum absolute atomic E-state index is 14.3. The van der Waals surface area contributed by atoms with Crippen LogP contribution in [0.15, 0.2) is 134 Å². The quantitative estimate of drug-likeness (QED) is 0.204. The fourth-order valence-corrected chi connectivity index (χ4v) is 6.41. The standard InChI is InChI=1S/C38H25N3O2/c1-24-23-39-21-20-28(24)30-15-8-16-31-29-14-5-6-18-33(29)41(36(30)31)34-19-9-17-32-35(34)38(43)40(37(32)42)27-13-7-12-26(22-27)25-10-3-2-4-11-25/h2-23H,1H3. The van der Waals surface area contributed by atoms with Gasteiger partial charge in [-0.2, -0.15) is 0 Å². The minimum atomic E-state index is -0.329. The van der Waals surface area contributed by atoms with Gasteiger partial charge >= 0.3 is 0 Å². The molecule has 0 atom stereocenters. The summed E-state index contributed by atoms with van der Waals surface area (Å²) in [4.78, 5) is 33.9. The van der Waals surface area contributed by atoms with E-state index in [1.807, 2.05) is 91.1 Å². The summed E-state index contributed by atoms with van der Waals surface area (Å²) in [6.07, 6.45) is 3.67. The first-order valence-corrected chi connectivity index (χ1v) is 14.2. The summed E-state index contributed by atoms with van der Waals surface area (Å²) in [6, 6.07) is 39.6. The van der Waals surface area contributed by atoms with Gasteiger partial charge in [-0.05, 0) is 65.6 Å². The lowest BCUT2D eigenvalue weighted by Gasteiger charge is -2.16. The van der Waals surface area contributed by atoms with Crippen LogP contribution < -0.4 is 4.90 Å². The van der Waals surface area contributed by atoms with Crippen molar-refractivity contribution in [2.24, 2.45) is 0 Å². The first-order valence-electron chi connectivity index (χ1n) is 14.2. The molecule has 2 aromatic heterocycles. The van der Waals surface area contributed by atoms with Crippen molar-refractivity contribution in [1.29, 1.82) is 0 Å². The zero-order valence-electron chi connectivity index (χ0n) is 23.4. The van der Waals surface area contributed by atoms with Gasteiger partial charge in [0.1, 0.15) is 0 Å². The second kappa shape index (κ2) is 9.64. The number of para-hydroxylation sites is 2. The lowest BCUT2D eigenvalue weighted by atomic mass is 9.99. The van der Waals surface area contributed by atoms with Gasteiger partial charge in [-0.1, -0.05) is 84.9 Å². The Morgan fingerprint density at radius 2 is 1.33 bits per heavy atom. The number of fused-ring (bicyclic) bond motifs is 4. The van der Waals surface area contributed by atoms with E-state index in [2.05, 4.69) is 46.8 Å². The summed E-state index contributed by atoms with van der Waals surface area (Å²) in [7, 11) is 0. The Morgan fingerprint density at radius 3 is 2.19 bits per heavy atom. The predicted octanol–water partition coefficient (Wildman–Crippen LogP) is 8.62. The number of carbonyl (C=O) groups is 2. The van der Waals surface area contributed by atoms with Crippen LogP contribution in [0.2, 0.25) is 0 Å². The van der Waals surface area contributed by atoms with Gasteiger partial charge in [0.05, 0.1) is 33.5 Å². The molecule has 0 spiro atoms. The van der Waals surface area contributed by atoms with Gasteiger partial charge < -0.3 is 4.57 Å². The predicted molar refractivity (Wildman–Crippen MR) is 172 cm³/mol. The molecule has 5 heteroatoms. The molecule has 0 bridgehead atoms. The maximum atomic E-state index is 14.3. The van der Waals surface area contributed by atoms with E-state index in [9.17, 15) is 9.59 Å². The minimum absolute atomic E-state index is 0.321. The molecule has 0 fully saturated rings. The zero-order chi connectivity index (χ0) is 29.1. The van der Waals surface area contributed by atoms with Crippen molar-refractivity contribution in [3.05, 3.63) is 150 Å². The molecule has 3 heterocycles. The van der Waals surface area contributed by atoms with E-state index >= 15 is 0 Å². The number of imide groups is 1. The van der Waals surface area contributed by atoms with Crippen molar-refractivity contribution in [2.45, 2.75) is 6.92 Å². The molecule has 7 aromatic rings. The Kier molecular flexibility index (Phi) is 5.59. The van der Waals surface area contributed by atoms with Crippen LogP contribution in [0.4, 0.5) is 5.69 Å². The monoisotopic (exact) mass is 555 g/mol. The largest absolute Gasteiger partial charge is 0.308 e. The molecule has 0 saturated heterocycles. The summed E-state index contributed by atoms with van der Waals surface area (Å²) in [5, 5.41) is 2.15. The molecular weight excluding hydrogens is 530 g/mol. The fraction of sp³-hybridized carbons (Fsp3) is 0.0263. The maximum Gasteiger partial charge on any atom is 0.268 e. The molecule has 0 radical (unpaired) electrons. The number of aromatic nitrogens is 2. The second-order valence-electron chi connectivity index (χ2n) is 10.8. The number of carbonyl (C=O) groups excluding carboxylic acids is 2. The topological polar surface area (TPSA) is 55.2 Å². The average Bonchev–Trinajstić information content (AvgIpc) is 3.53. The highest BCUT2D eigenvalue weighted by Crippen LogP contribution is 2.41. The third-order valence-corrected chi connectivity index (χ3v) is 8.35. The molecule has 0 unspecified atom stereocenters. The van der Waals surface area contributed by atoms with Gasteiger partial charge in [0.25, 0.3) is 11.8 Å². The van der Waals surface area contributed by atoms with Gasteiger partial charge in [0, 0.05) is 28.7 Å². The minimum Gasteiger partial charge on any atom is -0.308 e. The van der Waals surface area contributed by atoms with Crippen molar-refractivity contribution < 1.29 is 9.59 Å². The van der Waals surface area contributed by atoms with Crippen molar-refractivity contribution in [3.63, 3.8) is 0 Å². The van der Waals surface area contributed by atoms with Crippen LogP contribution in [0.5, 0.6) is 0 Å². The molecule has 0 aliphatic carbocycles. The average molecular weight is 556 g/mol. The van der Waals surface area contributed by atoms with Crippen LogP contribution in [-0.4, -0.2) is 21.4 Å². The third kappa shape index (κ3) is 3.75. The highest BCUT2D eigenvalue weighted by molar-refractivity contribution is 6.36. The molecular formula is C38H25N3O2. The number of hydrogen-bond donors (Lipinski definition) is 0. The molecule has 0 N–H and O–H groups in total. The van der Waals surface area contributed by atoms with Crippen LogP contribution in [0.25, 0.3) is 49.7 Å². The summed E-state index contributed by atoms with van der Waals surface area (Å²) in [6.45, 7) is 2.05. The Bertz CT molecular complexity index is 2250. The summed E-state index contributed by atoms with van der Waals surface area (Å²) < 4.78 is 2.15. The summed E-state index contributed by atoms with van der Waals surface area (Å²) >= 11 is 0. The first-order chi connectivity index (χ1) is 21.1. The van der Waals surface area contributed by atoms with Crippen molar-refractivity contribution in [2.75, 3.05) is 4.90 Å². The number of pyridine rings is 1. The first kappa shape index (κ1) is 24.9. The van der Waals surface area contributed by atoms with E-state index < -0.39 is 0 Å². The Balaban J connectivity index is 1.36. The van der Waals surface area contributed by atoms with Crippen LogP contribution in [0.1, 0.15) is 26.3 Å². The Morgan fingerprint density at radius 1 is 0.605 bits per heavy atom. The third-order valence-electron chi connectivity index (χ3n) is 8.35. The van der Waals surface area contributed by atoms with E-state index in [1.165, 1.54) is 4.90 Å². The van der Waals surface area contributed by atoms with Crippen molar-refractivity contribution >= 4 is 39.3 Å². The van der Waals surface area contributed by atoms with Crippen LogP contribution >= 0.6 is 0 Å². The normalized spacial score (nSPS) is 12.8. The fourth-order valence-electron chi connectivity index (χ4n) is 6.41. The Labute approximate surface area is 248 Å². The smallest absolute Gasteiger partial charge is 0.268 e. The van der Waals surface area contributed by atoms with Gasteiger partial charge in [0.15, 0.2) is 0 Å². The highest BCUT2D eigenvalue weighted by atomic mass is 16.2. The molecule has 8 rings (SSSR count). The number of nitrogens with zero attached hydrogens (tertiary/aromatic N) is 3. The zero-order valence-corrected chi connectivity index (χ0v) is 23.4. The number of rotatable bonds is 4. The number of amides is 2. The Hall–Kier alpha value is -5.81. The second-order valence-corrected chi connectivity index (χ2v) is 10.8.